The Morgan fingerprint density at radius 2 is 2.10 bits per heavy atom. The fourth-order valence-corrected chi connectivity index (χ4v) is 3.34. The van der Waals surface area contributed by atoms with Crippen molar-refractivity contribution in [2.24, 2.45) is 0 Å². The van der Waals surface area contributed by atoms with Crippen LogP contribution in [0, 0.1) is 6.92 Å². The molecule has 4 nitrogen and oxygen atoms in total. The number of hydrogen-bond acceptors (Lipinski definition) is 4. The molecular weight excluding hydrogens is 352 g/mol. The fourth-order valence-electron chi connectivity index (χ4n) is 1.95. The van der Waals surface area contributed by atoms with Crippen molar-refractivity contribution < 1.29 is 9.84 Å². The predicted octanol–water partition coefficient (Wildman–Crippen LogP) is 3.43. The molecule has 0 fully saturated rings. The molecule has 0 amide bonds. The Hall–Kier alpha value is -0.820. The molecular formula is C15H19BrN2O2S. The zero-order valence-electron chi connectivity index (χ0n) is 12.1. The Morgan fingerprint density at radius 1 is 1.38 bits per heavy atom. The van der Waals surface area contributed by atoms with Crippen LogP contribution >= 0.6 is 27.7 Å². The van der Waals surface area contributed by atoms with E-state index in [1.54, 1.807) is 29.8 Å². The van der Waals surface area contributed by atoms with Crippen LogP contribution in [0.2, 0.25) is 0 Å². The molecule has 0 spiro atoms. The first-order valence-electron chi connectivity index (χ1n) is 6.69. The highest BCUT2D eigenvalue weighted by molar-refractivity contribution is 9.10. The van der Waals surface area contributed by atoms with Crippen molar-refractivity contribution in [3.05, 3.63) is 46.2 Å². The molecule has 0 aliphatic carbocycles. The van der Waals surface area contributed by atoms with Gasteiger partial charge in [-0.3, -0.25) is 4.68 Å². The van der Waals surface area contributed by atoms with Crippen LogP contribution in [0.4, 0.5) is 0 Å². The molecule has 1 aromatic heterocycles. The molecule has 0 aliphatic heterocycles. The molecule has 0 aliphatic rings. The summed E-state index contributed by atoms with van der Waals surface area (Å²) in [4.78, 5) is 1.15. The minimum atomic E-state index is -0.579. The van der Waals surface area contributed by atoms with E-state index in [2.05, 4.69) is 52.2 Å². The highest BCUT2D eigenvalue weighted by Crippen LogP contribution is 2.29. The van der Waals surface area contributed by atoms with E-state index in [4.69, 9.17) is 4.74 Å². The van der Waals surface area contributed by atoms with Crippen molar-refractivity contribution in [1.82, 2.24) is 9.78 Å². The zero-order chi connectivity index (χ0) is 15.2. The Balaban J connectivity index is 2.01. The van der Waals surface area contributed by atoms with E-state index in [0.717, 1.165) is 15.1 Å². The largest absolute Gasteiger partial charge is 0.386 e. The van der Waals surface area contributed by atoms with Crippen molar-refractivity contribution in [2.75, 3.05) is 19.5 Å². The lowest BCUT2D eigenvalue weighted by Gasteiger charge is -2.14. The monoisotopic (exact) mass is 370 g/mol. The van der Waals surface area contributed by atoms with Crippen molar-refractivity contribution in [3.63, 3.8) is 0 Å². The van der Waals surface area contributed by atoms with Crippen LogP contribution in [0.25, 0.3) is 0 Å². The molecule has 1 atom stereocenters. The van der Waals surface area contributed by atoms with Crippen LogP contribution < -0.4 is 0 Å². The third-order valence-electron chi connectivity index (χ3n) is 3.08. The van der Waals surface area contributed by atoms with Crippen LogP contribution in [-0.2, 0) is 11.3 Å². The standard InChI is InChI=1S/C15H19BrN2O2S/c1-11-3-5-12(6-4-11)21-10-14(19)15-13(16)9-17-18(15)7-8-20-2/h3-6,9,14,19H,7-8,10H2,1-2H3. The zero-order valence-corrected chi connectivity index (χ0v) is 14.5. The molecule has 114 valence electrons. The lowest BCUT2D eigenvalue weighted by molar-refractivity contribution is 0.166. The molecule has 0 saturated heterocycles. The molecule has 6 heteroatoms. The van der Waals surface area contributed by atoms with Gasteiger partial charge in [0.25, 0.3) is 0 Å². The van der Waals surface area contributed by atoms with Crippen molar-refractivity contribution >= 4 is 27.7 Å². The van der Waals surface area contributed by atoms with Gasteiger partial charge in [-0.05, 0) is 35.0 Å². The number of aromatic nitrogens is 2. The van der Waals surface area contributed by atoms with Gasteiger partial charge in [-0.25, -0.2) is 0 Å². The number of ether oxygens (including phenoxy) is 1. The summed E-state index contributed by atoms with van der Waals surface area (Å²) in [5, 5.41) is 14.7. The maximum atomic E-state index is 10.4. The Kier molecular flexibility index (Phi) is 6.29. The SMILES string of the molecule is COCCn1ncc(Br)c1C(O)CSc1ccc(C)cc1. The van der Waals surface area contributed by atoms with Gasteiger partial charge in [0.1, 0.15) is 6.10 Å². The average Bonchev–Trinajstić information content (AvgIpc) is 2.85. The lowest BCUT2D eigenvalue weighted by Crippen LogP contribution is -2.14. The summed E-state index contributed by atoms with van der Waals surface area (Å²) in [5.74, 6) is 0.584. The van der Waals surface area contributed by atoms with Gasteiger partial charge in [0.05, 0.1) is 29.5 Å². The molecule has 1 aromatic carbocycles. The number of halogens is 1. The number of benzene rings is 1. The molecule has 2 aromatic rings. The van der Waals surface area contributed by atoms with Crippen LogP contribution in [0.3, 0.4) is 0 Å². The summed E-state index contributed by atoms with van der Waals surface area (Å²) in [6, 6.07) is 8.30. The van der Waals surface area contributed by atoms with Gasteiger partial charge in [-0.2, -0.15) is 5.10 Å². The Labute approximate surface area is 137 Å². The maximum absolute atomic E-state index is 10.4. The van der Waals surface area contributed by atoms with Gasteiger partial charge in [0.15, 0.2) is 0 Å². The summed E-state index contributed by atoms with van der Waals surface area (Å²) in [6.07, 6.45) is 1.13. The first-order chi connectivity index (χ1) is 10.1. The number of nitrogens with zero attached hydrogens (tertiary/aromatic N) is 2. The summed E-state index contributed by atoms with van der Waals surface area (Å²) in [7, 11) is 1.65. The second-order valence-corrected chi connectivity index (χ2v) is 6.68. The Bertz CT molecular complexity index is 572. The highest BCUT2D eigenvalue weighted by atomic mass is 79.9. The van der Waals surface area contributed by atoms with Gasteiger partial charge in [0, 0.05) is 17.8 Å². The second kappa shape index (κ2) is 7.98. The molecule has 1 N–H and O–H groups in total. The van der Waals surface area contributed by atoms with E-state index in [1.807, 2.05) is 0 Å². The van der Waals surface area contributed by atoms with Gasteiger partial charge in [-0.1, -0.05) is 17.7 Å². The van der Waals surface area contributed by atoms with Crippen LogP contribution in [-0.4, -0.2) is 34.4 Å². The molecule has 1 unspecified atom stereocenters. The molecule has 2 rings (SSSR count). The third kappa shape index (κ3) is 4.57. The first-order valence-corrected chi connectivity index (χ1v) is 8.47. The molecule has 0 bridgehead atoms. The summed E-state index contributed by atoms with van der Waals surface area (Å²) in [5.41, 5.74) is 2.03. The topological polar surface area (TPSA) is 47.3 Å². The average molecular weight is 371 g/mol. The van der Waals surface area contributed by atoms with Gasteiger partial charge < -0.3 is 9.84 Å². The number of hydrogen-bond donors (Lipinski definition) is 1. The quantitative estimate of drug-likeness (QED) is 0.758. The molecule has 0 saturated carbocycles. The smallest absolute Gasteiger partial charge is 0.106 e. The van der Waals surface area contributed by atoms with Crippen LogP contribution in [0.5, 0.6) is 0 Å². The minimum Gasteiger partial charge on any atom is -0.386 e. The van der Waals surface area contributed by atoms with Gasteiger partial charge in [-0.15, -0.1) is 11.8 Å². The van der Waals surface area contributed by atoms with E-state index >= 15 is 0 Å². The molecule has 21 heavy (non-hydrogen) atoms. The predicted molar refractivity (Wildman–Crippen MR) is 88.7 cm³/mol. The van der Waals surface area contributed by atoms with E-state index in [-0.39, 0.29) is 0 Å². The summed E-state index contributed by atoms with van der Waals surface area (Å²) in [6.45, 7) is 3.26. The minimum absolute atomic E-state index is 0.568. The summed E-state index contributed by atoms with van der Waals surface area (Å²) >= 11 is 5.09. The van der Waals surface area contributed by atoms with Gasteiger partial charge in [0.2, 0.25) is 0 Å². The third-order valence-corrected chi connectivity index (χ3v) is 4.78. The molecule has 1 heterocycles. The highest BCUT2D eigenvalue weighted by Gasteiger charge is 2.18. The number of aliphatic hydroxyl groups excluding tert-OH is 1. The first kappa shape index (κ1) is 16.5. The molecule has 0 radical (unpaired) electrons. The Morgan fingerprint density at radius 3 is 2.76 bits per heavy atom. The number of aliphatic hydroxyl groups is 1. The van der Waals surface area contributed by atoms with Crippen LogP contribution in [0.15, 0.2) is 39.8 Å². The van der Waals surface area contributed by atoms with Crippen LogP contribution in [0.1, 0.15) is 17.4 Å². The lowest BCUT2D eigenvalue weighted by atomic mass is 10.2. The van der Waals surface area contributed by atoms with E-state index in [9.17, 15) is 5.11 Å². The van der Waals surface area contributed by atoms with E-state index < -0.39 is 6.10 Å². The van der Waals surface area contributed by atoms with Crippen molar-refractivity contribution in [3.8, 4) is 0 Å². The number of thioether (sulfide) groups is 1. The van der Waals surface area contributed by atoms with Crippen molar-refractivity contribution in [2.45, 2.75) is 24.5 Å². The van der Waals surface area contributed by atoms with Gasteiger partial charge >= 0.3 is 0 Å². The summed E-state index contributed by atoms with van der Waals surface area (Å²) < 4.78 is 7.68. The van der Waals surface area contributed by atoms with E-state index in [1.165, 1.54) is 5.56 Å². The second-order valence-electron chi connectivity index (χ2n) is 4.73. The maximum Gasteiger partial charge on any atom is 0.106 e. The van der Waals surface area contributed by atoms with Crippen molar-refractivity contribution in [1.29, 1.82) is 0 Å². The fraction of sp³-hybridized carbons (Fsp3) is 0.400. The number of methoxy groups -OCH3 is 1. The normalized spacial score (nSPS) is 12.6. The number of rotatable bonds is 7. The number of aryl methyl sites for hydroxylation is 1. The van der Waals surface area contributed by atoms with E-state index in [0.29, 0.717) is 18.9 Å².